The first-order valence-corrected chi connectivity index (χ1v) is 12.6. The number of aromatic nitrogens is 3. The third-order valence-corrected chi connectivity index (χ3v) is 7.58. The zero-order chi connectivity index (χ0) is 23.7. The molecule has 0 atom stereocenters. The van der Waals surface area contributed by atoms with E-state index in [2.05, 4.69) is 25.5 Å². The molecule has 0 aliphatic carbocycles. The normalized spacial score (nSPS) is 16.6. The highest BCUT2D eigenvalue weighted by molar-refractivity contribution is 8.00. The molecule has 35 heavy (non-hydrogen) atoms. The zero-order valence-electron chi connectivity index (χ0n) is 18.8. The molecule has 0 radical (unpaired) electrons. The van der Waals surface area contributed by atoms with Gasteiger partial charge < -0.3 is 20.1 Å². The summed E-state index contributed by atoms with van der Waals surface area (Å²) in [4.78, 5) is 35.8. The largest absolute Gasteiger partial charge is 0.309 e. The van der Waals surface area contributed by atoms with Gasteiger partial charge in [-0.05, 0) is 50.2 Å². The molecule has 0 bridgehead atoms. The van der Waals surface area contributed by atoms with Gasteiger partial charge in [0.15, 0.2) is 0 Å². The van der Waals surface area contributed by atoms with Gasteiger partial charge in [0, 0.05) is 25.7 Å². The first-order valence-electron chi connectivity index (χ1n) is 11.2. The van der Waals surface area contributed by atoms with Crippen LogP contribution in [0.25, 0.3) is 11.0 Å². The van der Waals surface area contributed by atoms with Crippen LogP contribution in [0, 0.1) is 5.82 Å². The lowest BCUT2D eigenvalue weighted by Crippen LogP contribution is -2.43. The van der Waals surface area contributed by atoms with E-state index in [-0.39, 0.29) is 29.7 Å². The third-order valence-electron chi connectivity index (χ3n) is 6.22. The van der Waals surface area contributed by atoms with Gasteiger partial charge >= 0.3 is 0 Å². The van der Waals surface area contributed by atoms with Gasteiger partial charge in [0.25, 0.3) is 5.56 Å². The average molecular weight is 539 g/mol. The number of benzene rings is 1. The molecule has 4 heterocycles. The van der Waals surface area contributed by atoms with Crippen LogP contribution in [0.3, 0.4) is 0 Å². The lowest BCUT2D eigenvalue weighted by Gasteiger charge is -2.32. The molecular formula is C23H25Cl2FN6O2S. The predicted molar refractivity (Wildman–Crippen MR) is 138 cm³/mol. The van der Waals surface area contributed by atoms with Crippen LogP contribution in [0.15, 0.2) is 40.2 Å². The standard InChI is InChI=1S/C23H24ClFN6O2S.ClH/c24-16-10-20-23(29-21(32)13-34-20)28-18(16)11-26-15-3-5-30(6-4-15)7-8-31-19-9-14(25)1-2-17(19)27-12-22(31)33;/h1-2,9-10,12,15,26H,3-8,11,13H2,(H,28,29,32);1H. The Labute approximate surface area is 217 Å². The Hall–Kier alpha value is -2.24. The van der Waals surface area contributed by atoms with Crippen LogP contribution in [0.2, 0.25) is 5.02 Å². The maximum atomic E-state index is 13.7. The highest BCUT2D eigenvalue weighted by atomic mass is 35.5. The van der Waals surface area contributed by atoms with Gasteiger partial charge in [-0.2, -0.15) is 0 Å². The Kier molecular flexibility index (Phi) is 8.28. The molecule has 1 aromatic carbocycles. The number of carbonyl (C=O) groups is 1. The summed E-state index contributed by atoms with van der Waals surface area (Å²) in [7, 11) is 0. The van der Waals surface area contributed by atoms with Gasteiger partial charge in [0.2, 0.25) is 5.91 Å². The minimum Gasteiger partial charge on any atom is -0.309 e. The van der Waals surface area contributed by atoms with Gasteiger partial charge in [-0.3, -0.25) is 9.59 Å². The van der Waals surface area contributed by atoms with Gasteiger partial charge in [-0.15, -0.1) is 24.2 Å². The van der Waals surface area contributed by atoms with Gasteiger partial charge in [-0.25, -0.2) is 14.4 Å². The molecule has 0 saturated carbocycles. The van der Waals surface area contributed by atoms with Crippen molar-refractivity contribution in [3.05, 3.63) is 57.3 Å². The molecule has 0 spiro atoms. The van der Waals surface area contributed by atoms with Gasteiger partial charge in [-0.1, -0.05) is 11.6 Å². The fourth-order valence-corrected chi connectivity index (χ4v) is 5.43. The van der Waals surface area contributed by atoms with Crippen LogP contribution < -0.4 is 16.2 Å². The summed E-state index contributed by atoms with van der Waals surface area (Å²) >= 11 is 7.85. The summed E-state index contributed by atoms with van der Waals surface area (Å²) in [5.41, 5.74) is 1.63. The van der Waals surface area contributed by atoms with Crippen molar-refractivity contribution in [1.29, 1.82) is 0 Å². The van der Waals surface area contributed by atoms with Crippen molar-refractivity contribution in [2.75, 3.05) is 30.7 Å². The SMILES string of the molecule is Cl.O=C1CSc2cc(Cl)c(CNC3CCN(CCn4c(=O)cnc5ccc(F)cc54)CC3)nc2N1. The highest BCUT2D eigenvalue weighted by Gasteiger charge is 2.22. The number of halogens is 3. The number of piperidine rings is 1. The number of amides is 1. The Morgan fingerprint density at radius 3 is 2.80 bits per heavy atom. The van der Waals surface area contributed by atoms with Crippen molar-refractivity contribution in [1.82, 2.24) is 24.8 Å². The summed E-state index contributed by atoms with van der Waals surface area (Å²) in [5, 5.41) is 6.93. The summed E-state index contributed by atoms with van der Waals surface area (Å²) < 4.78 is 15.3. The number of fused-ring (bicyclic) bond motifs is 2. The van der Waals surface area contributed by atoms with Crippen molar-refractivity contribution in [2.45, 2.75) is 36.9 Å². The number of rotatable bonds is 6. The highest BCUT2D eigenvalue weighted by Crippen LogP contribution is 2.33. The lowest BCUT2D eigenvalue weighted by atomic mass is 10.0. The molecule has 1 fully saturated rings. The lowest BCUT2D eigenvalue weighted by molar-refractivity contribution is -0.113. The van der Waals surface area contributed by atoms with Crippen molar-refractivity contribution in [3.63, 3.8) is 0 Å². The van der Waals surface area contributed by atoms with Gasteiger partial charge in [0.1, 0.15) is 11.6 Å². The maximum absolute atomic E-state index is 13.7. The zero-order valence-corrected chi connectivity index (χ0v) is 21.2. The van der Waals surface area contributed by atoms with E-state index in [1.165, 1.54) is 30.1 Å². The second kappa shape index (κ2) is 11.2. The Morgan fingerprint density at radius 1 is 1.20 bits per heavy atom. The molecule has 1 saturated heterocycles. The van der Waals surface area contributed by atoms with E-state index < -0.39 is 0 Å². The summed E-state index contributed by atoms with van der Waals surface area (Å²) in [6.07, 6.45) is 3.20. The first-order chi connectivity index (χ1) is 16.5. The molecule has 186 valence electrons. The monoisotopic (exact) mass is 538 g/mol. The molecule has 2 aliphatic heterocycles. The van der Waals surface area contributed by atoms with Crippen LogP contribution >= 0.6 is 35.8 Å². The van der Waals surface area contributed by atoms with E-state index in [9.17, 15) is 14.0 Å². The van der Waals surface area contributed by atoms with E-state index in [1.54, 1.807) is 10.6 Å². The minimum absolute atomic E-state index is 0. The predicted octanol–water partition coefficient (Wildman–Crippen LogP) is 3.30. The quantitative estimate of drug-likeness (QED) is 0.497. The second-order valence-corrected chi connectivity index (χ2v) is 9.90. The number of hydrogen-bond donors (Lipinski definition) is 2. The molecule has 2 N–H and O–H groups in total. The van der Waals surface area contributed by atoms with Crippen molar-refractivity contribution >= 4 is 58.5 Å². The summed E-state index contributed by atoms with van der Waals surface area (Å²) in [5.74, 6) is 0.529. The number of likely N-dealkylation sites (tertiary alicyclic amines) is 1. The van der Waals surface area contributed by atoms with E-state index >= 15 is 0 Å². The number of anilines is 1. The molecule has 8 nitrogen and oxygen atoms in total. The fourth-order valence-electron chi connectivity index (χ4n) is 4.35. The maximum Gasteiger partial charge on any atom is 0.269 e. The van der Waals surface area contributed by atoms with Crippen LogP contribution in [0.4, 0.5) is 10.2 Å². The van der Waals surface area contributed by atoms with Crippen molar-refractivity contribution < 1.29 is 9.18 Å². The minimum atomic E-state index is -0.379. The molecule has 5 rings (SSSR count). The molecule has 2 aromatic heterocycles. The molecule has 12 heteroatoms. The Morgan fingerprint density at radius 2 is 2.00 bits per heavy atom. The molecule has 2 aliphatic rings. The van der Waals surface area contributed by atoms with E-state index in [0.29, 0.717) is 53.3 Å². The van der Waals surface area contributed by atoms with E-state index in [1.807, 2.05) is 6.07 Å². The summed E-state index contributed by atoms with van der Waals surface area (Å²) in [6.45, 7) is 3.50. The fraction of sp³-hybridized carbons (Fsp3) is 0.391. The molecular weight excluding hydrogens is 514 g/mol. The first kappa shape index (κ1) is 25.8. The molecule has 1 amide bonds. The summed E-state index contributed by atoms with van der Waals surface area (Å²) in [6, 6.07) is 6.50. The smallest absolute Gasteiger partial charge is 0.269 e. The number of nitrogens with one attached hydrogen (secondary N) is 2. The second-order valence-electron chi connectivity index (χ2n) is 8.48. The molecule has 3 aromatic rings. The number of hydrogen-bond acceptors (Lipinski definition) is 7. The topological polar surface area (TPSA) is 92.2 Å². The van der Waals surface area contributed by atoms with E-state index in [4.69, 9.17) is 11.6 Å². The number of carbonyl (C=O) groups excluding carboxylic acids is 1. The number of pyridine rings is 1. The van der Waals surface area contributed by atoms with Crippen LogP contribution in [0.1, 0.15) is 18.5 Å². The Balaban J connectivity index is 0.00000289. The number of thioether (sulfide) groups is 1. The van der Waals surface area contributed by atoms with Crippen LogP contribution in [-0.2, 0) is 17.9 Å². The van der Waals surface area contributed by atoms with Crippen LogP contribution in [0.5, 0.6) is 0 Å². The number of nitrogens with zero attached hydrogens (tertiary/aromatic N) is 4. The van der Waals surface area contributed by atoms with Crippen LogP contribution in [-0.4, -0.2) is 56.8 Å². The van der Waals surface area contributed by atoms with E-state index in [0.717, 1.165) is 36.5 Å². The van der Waals surface area contributed by atoms with Crippen molar-refractivity contribution in [3.8, 4) is 0 Å². The van der Waals surface area contributed by atoms with Crippen molar-refractivity contribution in [2.24, 2.45) is 0 Å². The van der Waals surface area contributed by atoms with Gasteiger partial charge in [0.05, 0.1) is 38.6 Å². The average Bonchev–Trinajstić information content (AvgIpc) is 2.83. The third kappa shape index (κ3) is 5.95. The molecule has 0 unspecified atom stereocenters. The Bertz CT molecular complexity index is 1300.